The first-order chi connectivity index (χ1) is 6.11. The highest BCUT2D eigenvalue weighted by Gasteiger charge is 2.13. The number of aryl methyl sites for hydroxylation is 1. The van der Waals surface area contributed by atoms with Crippen LogP contribution in [0.4, 0.5) is 0 Å². The Hall–Kier alpha value is -1.12. The van der Waals surface area contributed by atoms with E-state index in [-0.39, 0.29) is 0 Å². The number of aromatic nitrogens is 2. The summed E-state index contributed by atoms with van der Waals surface area (Å²) in [6.45, 7) is 8.03. The van der Waals surface area contributed by atoms with E-state index >= 15 is 0 Å². The summed E-state index contributed by atoms with van der Waals surface area (Å²) < 4.78 is 1.93. The lowest BCUT2D eigenvalue weighted by atomic mass is 10.2. The summed E-state index contributed by atoms with van der Waals surface area (Å²) in [6, 6.07) is 0.368. The van der Waals surface area contributed by atoms with E-state index in [2.05, 4.69) is 18.9 Å². The van der Waals surface area contributed by atoms with Gasteiger partial charge in [0, 0.05) is 11.7 Å². The van der Waals surface area contributed by atoms with Crippen LogP contribution in [0.5, 0.6) is 0 Å². The van der Waals surface area contributed by atoms with E-state index < -0.39 is 0 Å². The average Bonchev–Trinajstić information content (AvgIpc) is 2.40. The molecule has 0 radical (unpaired) electrons. The molecule has 1 rings (SSSR count). The van der Waals surface area contributed by atoms with Gasteiger partial charge >= 0.3 is 0 Å². The van der Waals surface area contributed by atoms with E-state index in [4.69, 9.17) is 0 Å². The molecule has 1 atom stereocenters. The van der Waals surface area contributed by atoms with Gasteiger partial charge in [-0.25, -0.2) is 0 Å². The van der Waals surface area contributed by atoms with Gasteiger partial charge in [0.1, 0.15) is 0 Å². The molecule has 3 heteroatoms. The third-order valence-electron chi connectivity index (χ3n) is 2.51. The molecule has 0 saturated heterocycles. The average molecular weight is 180 g/mol. The molecule has 0 aliphatic carbocycles. The molecule has 72 valence electrons. The molecular formula is C10H16N2O. The Morgan fingerprint density at radius 3 is 2.54 bits per heavy atom. The number of hydrogen-bond donors (Lipinski definition) is 0. The molecule has 0 amide bonds. The zero-order valence-electron chi connectivity index (χ0n) is 8.66. The van der Waals surface area contributed by atoms with Gasteiger partial charge in [0.2, 0.25) is 0 Å². The maximum absolute atomic E-state index is 10.7. The van der Waals surface area contributed by atoms with Crippen molar-refractivity contribution in [3.05, 3.63) is 17.0 Å². The summed E-state index contributed by atoms with van der Waals surface area (Å²) in [6.07, 6.45) is 1.91. The van der Waals surface area contributed by atoms with Crippen LogP contribution in [0.3, 0.4) is 0 Å². The van der Waals surface area contributed by atoms with Gasteiger partial charge in [-0.2, -0.15) is 5.10 Å². The van der Waals surface area contributed by atoms with Gasteiger partial charge in [-0.05, 0) is 27.2 Å². The summed E-state index contributed by atoms with van der Waals surface area (Å²) in [4.78, 5) is 10.7. The van der Waals surface area contributed by atoms with Crippen molar-refractivity contribution in [2.24, 2.45) is 0 Å². The smallest absolute Gasteiger partial charge is 0.153 e. The van der Waals surface area contributed by atoms with E-state index in [1.807, 2.05) is 18.5 Å². The molecule has 3 nitrogen and oxygen atoms in total. The maximum atomic E-state index is 10.7. The number of aldehydes is 1. The van der Waals surface area contributed by atoms with Gasteiger partial charge < -0.3 is 0 Å². The molecule has 1 heterocycles. The van der Waals surface area contributed by atoms with Crippen LogP contribution < -0.4 is 0 Å². The zero-order chi connectivity index (χ0) is 10.0. The molecule has 0 aliphatic heterocycles. The van der Waals surface area contributed by atoms with Crippen LogP contribution in [0.2, 0.25) is 0 Å². The van der Waals surface area contributed by atoms with E-state index in [0.29, 0.717) is 6.04 Å². The first-order valence-electron chi connectivity index (χ1n) is 4.62. The minimum Gasteiger partial charge on any atom is -0.298 e. The Kier molecular flexibility index (Phi) is 2.86. The van der Waals surface area contributed by atoms with Crippen molar-refractivity contribution in [3.63, 3.8) is 0 Å². The minimum absolute atomic E-state index is 0.368. The third-order valence-corrected chi connectivity index (χ3v) is 2.51. The van der Waals surface area contributed by atoms with E-state index in [0.717, 1.165) is 29.7 Å². The van der Waals surface area contributed by atoms with Crippen LogP contribution in [-0.2, 0) is 0 Å². The Morgan fingerprint density at radius 2 is 2.15 bits per heavy atom. The minimum atomic E-state index is 0.368. The Morgan fingerprint density at radius 1 is 1.54 bits per heavy atom. The lowest BCUT2D eigenvalue weighted by Crippen LogP contribution is -2.07. The van der Waals surface area contributed by atoms with Gasteiger partial charge in [-0.1, -0.05) is 6.92 Å². The fraction of sp³-hybridized carbons (Fsp3) is 0.600. The Bertz CT molecular complexity index is 315. The van der Waals surface area contributed by atoms with Crippen LogP contribution in [0, 0.1) is 13.8 Å². The number of hydrogen-bond acceptors (Lipinski definition) is 2. The zero-order valence-corrected chi connectivity index (χ0v) is 8.66. The van der Waals surface area contributed by atoms with Crippen molar-refractivity contribution in [1.82, 2.24) is 9.78 Å². The monoisotopic (exact) mass is 180 g/mol. The lowest BCUT2D eigenvalue weighted by Gasteiger charge is -2.11. The number of carbonyl (C=O) groups is 1. The highest BCUT2D eigenvalue weighted by molar-refractivity contribution is 5.78. The predicted molar refractivity (Wildman–Crippen MR) is 52.1 cm³/mol. The Balaban J connectivity index is 3.17. The fourth-order valence-corrected chi connectivity index (χ4v) is 1.45. The van der Waals surface area contributed by atoms with Crippen LogP contribution in [0.15, 0.2) is 0 Å². The van der Waals surface area contributed by atoms with Crippen molar-refractivity contribution in [2.75, 3.05) is 0 Å². The molecule has 1 aromatic heterocycles. The second kappa shape index (κ2) is 3.73. The third kappa shape index (κ3) is 1.64. The highest BCUT2D eigenvalue weighted by Crippen LogP contribution is 2.17. The van der Waals surface area contributed by atoms with E-state index in [9.17, 15) is 4.79 Å². The van der Waals surface area contributed by atoms with E-state index in [1.54, 1.807) is 0 Å². The molecule has 0 aromatic carbocycles. The first kappa shape index (κ1) is 9.96. The molecule has 0 aliphatic rings. The van der Waals surface area contributed by atoms with Gasteiger partial charge in [-0.15, -0.1) is 0 Å². The summed E-state index contributed by atoms with van der Waals surface area (Å²) in [7, 11) is 0. The quantitative estimate of drug-likeness (QED) is 0.669. The molecule has 0 saturated carbocycles. The second-order valence-corrected chi connectivity index (χ2v) is 3.40. The summed E-state index contributed by atoms with van der Waals surface area (Å²) in [5.74, 6) is 0. The highest BCUT2D eigenvalue weighted by atomic mass is 16.1. The normalized spacial score (nSPS) is 12.9. The van der Waals surface area contributed by atoms with Gasteiger partial charge in [-0.3, -0.25) is 9.48 Å². The van der Waals surface area contributed by atoms with Crippen molar-refractivity contribution in [3.8, 4) is 0 Å². The molecule has 0 N–H and O–H groups in total. The molecule has 0 bridgehead atoms. The number of nitrogens with zero attached hydrogens (tertiary/aromatic N) is 2. The number of carbonyl (C=O) groups excluding carboxylic acids is 1. The lowest BCUT2D eigenvalue weighted by molar-refractivity contribution is 0.112. The second-order valence-electron chi connectivity index (χ2n) is 3.40. The SMILES string of the molecule is CCC(C)n1nc(C)c(C=O)c1C. The molecule has 0 spiro atoms. The molecule has 13 heavy (non-hydrogen) atoms. The van der Waals surface area contributed by atoms with Crippen LogP contribution in [0.1, 0.15) is 48.1 Å². The molecule has 1 aromatic rings. The van der Waals surface area contributed by atoms with Crippen LogP contribution in [0.25, 0.3) is 0 Å². The maximum Gasteiger partial charge on any atom is 0.153 e. The fourth-order valence-electron chi connectivity index (χ4n) is 1.45. The number of rotatable bonds is 3. The van der Waals surface area contributed by atoms with E-state index in [1.165, 1.54) is 0 Å². The molecular weight excluding hydrogens is 164 g/mol. The van der Waals surface area contributed by atoms with Crippen molar-refractivity contribution < 1.29 is 4.79 Å². The van der Waals surface area contributed by atoms with Gasteiger partial charge in [0.05, 0.1) is 11.3 Å². The van der Waals surface area contributed by atoms with Gasteiger partial charge in [0.25, 0.3) is 0 Å². The molecule has 0 fully saturated rings. The standard InChI is InChI=1S/C10H16N2O/c1-5-7(2)12-9(4)10(6-13)8(3)11-12/h6-7H,5H2,1-4H3. The first-order valence-corrected chi connectivity index (χ1v) is 4.62. The van der Waals surface area contributed by atoms with Crippen LogP contribution in [-0.4, -0.2) is 16.1 Å². The predicted octanol–water partition coefficient (Wildman–Crippen LogP) is 2.28. The summed E-state index contributed by atoms with van der Waals surface area (Å²) in [5.41, 5.74) is 2.54. The summed E-state index contributed by atoms with van der Waals surface area (Å²) in [5, 5.41) is 4.34. The van der Waals surface area contributed by atoms with Crippen molar-refractivity contribution in [1.29, 1.82) is 0 Å². The van der Waals surface area contributed by atoms with Crippen molar-refractivity contribution in [2.45, 2.75) is 40.2 Å². The topological polar surface area (TPSA) is 34.9 Å². The largest absolute Gasteiger partial charge is 0.298 e. The Labute approximate surface area is 78.8 Å². The van der Waals surface area contributed by atoms with Gasteiger partial charge in [0.15, 0.2) is 6.29 Å². The molecule has 1 unspecified atom stereocenters. The van der Waals surface area contributed by atoms with Crippen molar-refractivity contribution >= 4 is 6.29 Å². The van der Waals surface area contributed by atoms with Crippen LogP contribution >= 0.6 is 0 Å². The summed E-state index contributed by atoms with van der Waals surface area (Å²) >= 11 is 0.